The van der Waals surface area contributed by atoms with Crippen LogP contribution in [-0.2, 0) is 14.4 Å². The Kier molecular flexibility index (Phi) is 5.92. The van der Waals surface area contributed by atoms with Gasteiger partial charge in [0.25, 0.3) is 11.8 Å². The fourth-order valence-corrected chi connectivity index (χ4v) is 2.73. The summed E-state index contributed by atoms with van der Waals surface area (Å²) in [4.78, 5) is 38.4. The molecule has 1 heterocycles. The molecule has 24 heavy (non-hydrogen) atoms. The van der Waals surface area contributed by atoms with Crippen molar-refractivity contribution in [2.45, 2.75) is 19.9 Å². The van der Waals surface area contributed by atoms with Crippen LogP contribution in [-0.4, -0.2) is 61.9 Å². The van der Waals surface area contributed by atoms with E-state index in [-0.39, 0.29) is 36.9 Å². The quantitative estimate of drug-likeness (QED) is 0.633. The second kappa shape index (κ2) is 7.92. The second-order valence-electron chi connectivity index (χ2n) is 6.27. The number of quaternary nitrogens is 1. The van der Waals surface area contributed by atoms with Crippen LogP contribution in [0.2, 0.25) is 0 Å². The SMILES string of the molecule is Cc1ccc(NC(=O)CN(C)C(=O)[C@@H](C)[NH+]2CCNC(=O)C2)cc1. The number of nitrogens with one attached hydrogen (secondary N) is 3. The van der Waals surface area contributed by atoms with Gasteiger partial charge in [-0.15, -0.1) is 0 Å². The molecule has 3 N–H and O–H groups in total. The molecular weight excluding hydrogens is 308 g/mol. The zero-order valence-corrected chi connectivity index (χ0v) is 14.4. The van der Waals surface area contributed by atoms with Crippen molar-refractivity contribution in [2.24, 2.45) is 0 Å². The van der Waals surface area contributed by atoms with Crippen molar-refractivity contribution in [1.82, 2.24) is 10.2 Å². The molecule has 0 spiro atoms. The van der Waals surface area contributed by atoms with E-state index in [2.05, 4.69) is 10.6 Å². The maximum absolute atomic E-state index is 12.5. The van der Waals surface area contributed by atoms with Gasteiger partial charge in [-0.3, -0.25) is 14.4 Å². The van der Waals surface area contributed by atoms with Crippen molar-refractivity contribution < 1.29 is 19.3 Å². The van der Waals surface area contributed by atoms with Crippen molar-refractivity contribution in [3.63, 3.8) is 0 Å². The molecule has 7 nitrogen and oxygen atoms in total. The Hall–Kier alpha value is -2.41. The first-order valence-electron chi connectivity index (χ1n) is 8.09. The molecule has 1 aromatic carbocycles. The molecular formula is C17H25N4O3+. The first-order chi connectivity index (χ1) is 11.4. The highest BCUT2D eigenvalue weighted by atomic mass is 16.2. The van der Waals surface area contributed by atoms with Gasteiger partial charge in [0.05, 0.1) is 19.6 Å². The first-order valence-corrected chi connectivity index (χ1v) is 8.09. The highest BCUT2D eigenvalue weighted by Gasteiger charge is 2.32. The number of likely N-dealkylation sites (N-methyl/N-ethyl adjacent to an activating group) is 1. The van der Waals surface area contributed by atoms with Gasteiger partial charge in [0.2, 0.25) is 5.91 Å². The molecule has 7 heteroatoms. The average Bonchev–Trinajstić information content (AvgIpc) is 2.55. The molecule has 0 saturated carbocycles. The van der Waals surface area contributed by atoms with Crippen LogP contribution in [0.15, 0.2) is 24.3 Å². The number of anilines is 1. The second-order valence-corrected chi connectivity index (χ2v) is 6.27. The Labute approximate surface area is 142 Å². The number of hydrogen-bond donors (Lipinski definition) is 3. The summed E-state index contributed by atoms with van der Waals surface area (Å²) in [5.41, 5.74) is 1.82. The summed E-state index contributed by atoms with van der Waals surface area (Å²) >= 11 is 0. The van der Waals surface area contributed by atoms with E-state index < -0.39 is 0 Å². The summed E-state index contributed by atoms with van der Waals surface area (Å²) in [5.74, 6) is -0.428. The van der Waals surface area contributed by atoms with E-state index in [0.717, 1.165) is 10.5 Å². The summed E-state index contributed by atoms with van der Waals surface area (Å²) in [6.45, 7) is 5.32. The summed E-state index contributed by atoms with van der Waals surface area (Å²) < 4.78 is 0. The van der Waals surface area contributed by atoms with Crippen LogP contribution in [0.4, 0.5) is 5.69 Å². The molecule has 0 aliphatic carbocycles. The minimum atomic E-state index is -0.353. The number of aryl methyl sites for hydroxylation is 1. The third kappa shape index (κ3) is 4.79. The van der Waals surface area contributed by atoms with Crippen molar-refractivity contribution in [3.05, 3.63) is 29.8 Å². The molecule has 1 aromatic rings. The molecule has 1 aliphatic heterocycles. The fourth-order valence-electron chi connectivity index (χ4n) is 2.73. The van der Waals surface area contributed by atoms with Crippen LogP contribution in [0.1, 0.15) is 12.5 Å². The molecule has 2 rings (SSSR count). The minimum Gasteiger partial charge on any atom is -0.346 e. The van der Waals surface area contributed by atoms with Crippen LogP contribution < -0.4 is 15.5 Å². The van der Waals surface area contributed by atoms with E-state index in [1.807, 2.05) is 31.2 Å². The molecule has 1 aliphatic rings. The first kappa shape index (κ1) is 17.9. The Bertz CT molecular complexity index is 615. The van der Waals surface area contributed by atoms with Gasteiger partial charge in [-0.25, -0.2) is 0 Å². The van der Waals surface area contributed by atoms with Crippen LogP contribution in [0.3, 0.4) is 0 Å². The van der Waals surface area contributed by atoms with Crippen LogP contribution in [0.25, 0.3) is 0 Å². The van der Waals surface area contributed by atoms with Gasteiger partial charge < -0.3 is 20.4 Å². The molecule has 0 radical (unpaired) electrons. The van der Waals surface area contributed by atoms with Crippen molar-refractivity contribution in [3.8, 4) is 0 Å². The molecule has 1 unspecified atom stereocenters. The standard InChI is InChI=1S/C17H24N4O3/c1-12-4-6-14(7-5-12)19-16(23)10-20(3)17(24)13(2)21-9-8-18-15(22)11-21/h4-7,13H,8-11H2,1-3H3,(H,18,22)(H,19,23)/p+1/t13-/m1/s1. The molecule has 130 valence electrons. The van der Waals surface area contributed by atoms with E-state index in [1.165, 1.54) is 4.90 Å². The molecule has 1 fully saturated rings. The van der Waals surface area contributed by atoms with Gasteiger partial charge in [-0.2, -0.15) is 0 Å². The molecule has 0 aromatic heterocycles. The highest BCUT2D eigenvalue weighted by Crippen LogP contribution is 2.08. The largest absolute Gasteiger partial charge is 0.346 e. The van der Waals surface area contributed by atoms with Gasteiger partial charge in [0, 0.05) is 12.7 Å². The highest BCUT2D eigenvalue weighted by molar-refractivity contribution is 5.95. The van der Waals surface area contributed by atoms with Crippen LogP contribution >= 0.6 is 0 Å². The lowest BCUT2D eigenvalue weighted by atomic mass is 10.2. The zero-order valence-electron chi connectivity index (χ0n) is 14.4. The smallest absolute Gasteiger partial charge is 0.280 e. The van der Waals surface area contributed by atoms with Gasteiger partial charge in [-0.05, 0) is 26.0 Å². The number of benzene rings is 1. The number of nitrogens with zero attached hydrogens (tertiary/aromatic N) is 1. The number of carbonyl (C=O) groups excluding carboxylic acids is 3. The van der Waals surface area contributed by atoms with E-state index in [0.29, 0.717) is 18.8 Å². The number of carbonyl (C=O) groups is 3. The molecule has 1 saturated heterocycles. The molecule has 0 bridgehead atoms. The predicted octanol–water partition coefficient (Wildman–Crippen LogP) is -1.20. The Balaban J connectivity index is 1.86. The summed E-state index contributed by atoms with van der Waals surface area (Å²) in [6, 6.07) is 7.13. The average molecular weight is 333 g/mol. The van der Waals surface area contributed by atoms with Crippen molar-refractivity contribution in [1.29, 1.82) is 0 Å². The lowest BCUT2D eigenvalue weighted by molar-refractivity contribution is -0.908. The van der Waals surface area contributed by atoms with Crippen LogP contribution in [0, 0.1) is 6.92 Å². The maximum Gasteiger partial charge on any atom is 0.280 e. The topological polar surface area (TPSA) is 82.9 Å². The van der Waals surface area contributed by atoms with E-state index in [1.54, 1.807) is 14.0 Å². The van der Waals surface area contributed by atoms with Crippen molar-refractivity contribution >= 4 is 23.4 Å². The molecule has 3 amide bonds. The van der Waals surface area contributed by atoms with Crippen molar-refractivity contribution in [2.75, 3.05) is 38.5 Å². The number of piperazine rings is 1. The number of hydrogen-bond acceptors (Lipinski definition) is 3. The van der Waals surface area contributed by atoms with E-state index in [9.17, 15) is 14.4 Å². The van der Waals surface area contributed by atoms with Gasteiger partial charge in [-0.1, -0.05) is 17.7 Å². The predicted molar refractivity (Wildman–Crippen MR) is 90.6 cm³/mol. The Morgan fingerprint density at radius 3 is 2.62 bits per heavy atom. The maximum atomic E-state index is 12.5. The van der Waals surface area contributed by atoms with E-state index in [4.69, 9.17) is 0 Å². The van der Waals surface area contributed by atoms with Gasteiger partial charge in [0.1, 0.15) is 0 Å². The summed E-state index contributed by atoms with van der Waals surface area (Å²) in [5, 5.41) is 5.53. The third-order valence-electron chi connectivity index (χ3n) is 4.23. The summed E-state index contributed by atoms with van der Waals surface area (Å²) in [6.07, 6.45) is 0. The normalized spacial score (nSPS) is 18.5. The minimum absolute atomic E-state index is 0.0173. The van der Waals surface area contributed by atoms with E-state index >= 15 is 0 Å². The fraction of sp³-hybridized carbons (Fsp3) is 0.471. The Morgan fingerprint density at radius 1 is 1.33 bits per heavy atom. The lowest BCUT2D eigenvalue weighted by Gasteiger charge is -2.30. The monoisotopic (exact) mass is 333 g/mol. The van der Waals surface area contributed by atoms with Gasteiger partial charge in [0.15, 0.2) is 12.6 Å². The third-order valence-corrected chi connectivity index (χ3v) is 4.23. The lowest BCUT2D eigenvalue weighted by Crippen LogP contribution is -3.19. The summed E-state index contributed by atoms with van der Waals surface area (Å²) in [7, 11) is 1.61. The zero-order chi connectivity index (χ0) is 17.7. The Morgan fingerprint density at radius 2 is 2.00 bits per heavy atom. The number of rotatable bonds is 5. The molecule has 2 atom stereocenters. The van der Waals surface area contributed by atoms with Gasteiger partial charge >= 0.3 is 0 Å². The number of amides is 3. The van der Waals surface area contributed by atoms with Crippen LogP contribution in [0.5, 0.6) is 0 Å².